The van der Waals surface area contributed by atoms with Gasteiger partial charge < -0.3 is 0 Å². The number of hydrogen-bond acceptors (Lipinski definition) is 6. The molecule has 3 nitrogen and oxygen atoms in total. The Morgan fingerprint density at radius 3 is 2.92 bits per heavy atom. The molecular formula is C19H18N2OS3. The molecule has 0 saturated heterocycles. The van der Waals surface area contributed by atoms with Crippen LogP contribution in [-0.2, 0) is 12.8 Å². The highest BCUT2D eigenvalue weighted by atomic mass is 32.2. The minimum atomic E-state index is 0.198. The Kier molecular flexibility index (Phi) is 4.14. The van der Waals surface area contributed by atoms with E-state index < -0.39 is 0 Å². The number of thioether (sulfide) groups is 1. The van der Waals surface area contributed by atoms with Crippen molar-refractivity contribution in [2.45, 2.75) is 49.5 Å². The summed E-state index contributed by atoms with van der Waals surface area (Å²) in [4.78, 5) is 25.7. The van der Waals surface area contributed by atoms with E-state index in [9.17, 15) is 4.79 Å². The molecule has 3 aromatic heterocycles. The van der Waals surface area contributed by atoms with Crippen molar-refractivity contribution in [3.63, 3.8) is 0 Å². The van der Waals surface area contributed by atoms with Crippen molar-refractivity contribution in [1.82, 2.24) is 9.97 Å². The van der Waals surface area contributed by atoms with Crippen LogP contribution in [0.2, 0.25) is 0 Å². The van der Waals surface area contributed by atoms with Crippen LogP contribution < -0.4 is 0 Å². The summed E-state index contributed by atoms with van der Waals surface area (Å²) >= 11 is 4.98. The lowest BCUT2D eigenvalue weighted by molar-refractivity contribution is 0.102. The molecule has 0 amide bonds. The van der Waals surface area contributed by atoms with E-state index in [0.29, 0.717) is 11.7 Å². The Morgan fingerprint density at radius 2 is 2.12 bits per heavy atom. The van der Waals surface area contributed by atoms with Crippen molar-refractivity contribution >= 4 is 50.4 Å². The average molecular weight is 387 g/mol. The molecule has 0 N–H and O–H groups in total. The van der Waals surface area contributed by atoms with Crippen molar-refractivity contribution < 1.29 is 4.79 Å². The zero-order chi connectivity index (χ0) is 16.8. The quantitative estimate of drug-likeness (QED) is 0.331. The third-order valence-electron chi connectivity index (χ3n) is 4.88. The van der Waals surface area contributed by atoms with Gasteiger partial charge in [0, 0.05) is 16.2 Å². The zero-order valence-corrected chi connectivity index (χ0v) is 16.2. The lowest BCUT2D eigenvalue weighted by Gasteiger charge is -2.12. The average Bonchev–Trinajstić information content (AvgIpc) is 3.20. The van der Waals surface area contributed by atoms with Crippen LogP contribution in [0.25, 0.3) is 10.2 Å². The number of Topliss-reactive ketones (excluding diaryl/α,β-unsaturated/α-hetero) is 1. The van der Waals surface area contributed by atoms with Gasteiger partial charge in [0.05, 0.1) is 10.6 Å². The Balaban J connectivity index is 1.53. The molecule has 0 unspecified atom stereocenters. The van der Waals surface area contributed by atoms with Crippen molar-refractivity contribution in [2.75, 3.05) is 5.75 Å². The molecule has 1 fully saturated rings. The zero-order valence-electron chi connectivity index (χ0n) is 13.8. The molecule has 6 heteroatoms. The Morgan fingerprint density at radius 1 is 1.24 bits per heavy atom. The minimum Gasteiger partial charge on any atom is -0.292 e. The first-order valence-corrected chi connectivity index (χ1v) is 11.5. The van der Waals surface area contributed by atoms with E-state index in [4.69, 9.17) is 9.97 Å². The van der Waals surface area contributed by atoms with Crippen molar-refractivity contribution in [2.24, 2.45) is 0 Å². The maximum absolute atomic E-state index is 12.4. The lowest BCUT2D eigenvalue weighted by Crippen LogP contribution is -2.03. The second-order valence-corrected chi connectivity index (χ2v) is 9.74. The van der Waals surface area contributed by atoms with Gasteiger partial charge in [0.25, 0.3) is 0 Å². The highest BCUT2D eigenvalue weighted by molar-refractivity contribution is 8.00. The summed E-state index contributed by atoms with van der Waals surface area (Å²) in [5.41, 5.74) is 1.46. The van der Waals surface area contributed by atoms with Gasteiger partial charge in [0.2, 0.25) is 0 Å². The van der Waals surface area contributed by atoms with Gasteiger partial charge in [-0.25, -0.2) is 9.97 Å². The van der Waals surface area contributed by atoms with E-state index in [-0.39, 0.29) is 5.78 Å². The maximum Gasteiger partial charge on any atom is 0.183 e. The Bertz CT molecular complexity index is 941. The first-order chi connectivity index (χ1) is 12.3. The number of nitrogens with zero attached hydrogens (tertiary/aromatic N) is 2. The number of aromatic nitrogens is 2. The number of rotatable bonds is 5. The minimum absolute atomic E-state index is 0.198. The number of carbonyl (C=O) groups is 1. The molecule has 0 radical (unpaired) electrons. The smallest absolute Gasteiger partial charge is 0.183 e. The maximum atomic E-state index is 12.4. The van der Waals surface area contributed by atoms with E-state index in [1.807, 2.05) is 28.8 Å². The first-order valence-electron chi connectivity index (χ1n) is 8.81. The standard InChI is InChI=1S/C19H18N2OS3/c22-13(15-6-3-9-23-15)10-24-18-16-12-4-1-2-5-14(12)25-19(16)21-17(20-18)11-7-8-11/h3,6,9,11H,1-2,4-5,7-8,10H2. The van der Waals surface area contributed by atoms with Crippen molar-refractivity contribution in [3.8, 4) is 0 Å². The molecule has 0 bridgehead atoms. The van der Waals surface area contributed by atoms with E-state index >= 15 is 0 Å². The highest BCUT2D eigenvalue weighted by Gasteiger charge is 2.29. The Labute approximate surface area is 158 Å². The third-order valence-corrected chi connectivity index (χ3v) is 7.95. The summed E-state index contributed by atoms with van der Waals surface area (Å²) < 4.78 is 0. The molecule has 5 rings (SSSR count). The van der Waals surface area contributed by atoms with Gasteiger partial charge in [-0.3, -0.25) is 4.79 Å². The van der Waals surface area contributed by atoms with Gasteiger partial charge >= 0.3 is 0 Å². The second-order valence-electron chi connectivity index (χ2n) is 6.74. The first kappa shape index (κ1) is 16.0. The SMILES string of the molecule is O=C(CSc1nc(C2CC2)nc2sc3c(c12)CCCC3)c1cccs1. The van der Waals surface area contributed by atoms with Crippen LogP contribution in [0.15, 0.2) is 22.5 Å². The van der Waals surface area contributed by atoms with Gasteiger partial charge in [0.15, 0.2) is 5.78 Å². The number of fused-ring (bicyclic) bond motifs is 3. The van der Waals surface area contributed by atoms with Crippen LogP contribution in [-0.4, -0.2) is 21.5 Å². The highest BCUT2D eigenvalue weighted by Crippen LogP contribution is 2.44. The molecule has 0 aromatic carbocycles. The van der Waals surface area contributed by atoms with Gasteiger partial charge in [-0.15, -0.1) is 22.7 Å². The van der Waals surface area contributed by atoms with Gasteiger partial charge in [0.1, 0.15) is 15.7 Å². The van der Waals surface area contributed by atoms with Gasteiger partial charge in [-0.2, -0.15) is 0 Å². The lowest BCUT2D eigenvalue weighted by atomic mass is 9.97. The molecule has 1 saturated carbocycles. The molecule has 2 aliphatic carbocycles. The van der Waals surface area contributed by atoms with Gasteiger partial charge in [-0.05, 0) is 55.5 Å². The summed E-state index contributed by atoms with van der Waals surface area (Å²) in [6.45, 7) is 0. The molecule has 3 aromatic rings. The molecule has 2 aliphatic rings. The number of aryl methyl sites for hydroxylation is 2. The topological polar surface area (TPSA) is 42.9 Å². The van der Waals surface area contributed by atoms with E-state index in [2.05, 4.69) is 0 Å². The van der Waals surface area contributed by atoms with Crippen molar-refractivity contribution in [1.29, 1.82) is 0 Å². The molecule has 25 heavy (non-hydrogen) atoms. The third kappa shape index (κ3) is 3.04. The van der Waals surface area contributed by atoms with Crippen LogP contribution in [0.1, 0.15) is 57.5 Å². The molecular weight excluding hydrogens is 368 g/mol. The van der Waals surface area contributed by atoms with Crippen LogP contribution in [0.4, 0.5) is 0 Å². The number of thiophene rings is 2. The van der Waals surface area contributed by atoms with E-state index in [0.717, 1.165) is 27.0 Å². The van der Waals surface area contributed by atoms with E-state index in [1.165, 1.54) is 59.3 Å². The fourth-order valence-corrected chi connectivity index (χ4v) is 6.44. The van der Waals surface area contributed by atoms with Gasteiger partial charge in [-0.1, -0.05) is 17.8 Å². The Hall–Kier alpha value is -1.24. The molecule has 0 spiro atoms. The second kappa shape index (κ2) is 6.49. The summed E-state index contributed by atoms with van der Waals surface area (Å²) in [7, 11) is 0. The molecule has 3 heterocycles. The number of hydrogen-bond donors (Lipinski definition) is 0. The fourth-order valence-electron chi connectivity index (χ4n) is 3.41. The molecule has 128 valence electrons. The molecule has 0 atom stereocenters. The summed E-state index contributed by atoms with van der Waals surface area (Å²) in [6, 6.07) is 3.84. The summed E-state index contributed by atoms with van der Waals surface area (Å²) in [5, 5.41) is 4.24. The largest absolute Gasteiger partial charge is 0.292 e. The predicted octanol–water partition coefficient (Wildman–Crippen LogP) is 5.48. The normalized spacial score (nSPS) is 17.0. The van der Waals surface area contributed by atoms with E-state index in [1.54, 1.807) is 11.8 Å². The number of ketones is 1. The van der Waals surface area contributed by atoms with Crippen molar-refractivity contribution in [3.05, 3.63) is 38.7 Å². The van der Waals surface area contributed by atoms with Crippen LogP contribution >= 0.6 is 34.4 Å². The monoisotopic (exact) mass is 386 g/mol. The fraction of sp³-hybridized carbons (Fsp3) is 0.421. The summed E-state index contributed by atoms with van der Waals surface area (Å²) in [5.74, 6) is 2.19. The van der Waals surface area contributed by atoms with Crippen LogP contribution in [0, 0.1) is 0 Å². The van der Waals surface area contributed by atoms with Crippen LogP contribution in [0.5, 0.6) is 0 Å². The molecule has 0 aliphatic heterocycles. The predicted molar refractivity (Wildman–Crippen MR) is 105 cm³/mol. The van der Waals surface area contributed by atoms with Crippen LogP contribution in [0.3, 0.4) is 0 Å². The number of carbonyl (C=O) groups excluding carboxylic acids is 1. The summed E-state index contributed by atoms with van der Waals surface area (Å²) in [6.07, 6.45) is 7.24.